The lowest BCUT2D eigenvalue weighted by Crippen LogP contribution is -2.28. The van der Waals surface area contributed by atoms with E-state index in [2.05, 4.69) is 52.7 Å². The Morgan fingerprint density at radius 1 is 1.08 bits per heavy atom. The van der Waals surface area contributed by atoms with Gasteiger partial charge in [-0.1, -0.05) is 24.3 Å². The summed E-state index contributed by atoms with van der Waals surface area (Å²) in [6.45, 7) is 1.56. The Kier molecular flexibility index (Phi) is 4.83. The zero-order valence-electron chi connectivity index (χ0n) is 15.1. The number of fused-ring (bicyclic) bond motifs is 2. The van der Waals surface area contributed by atoms with E-state index in [0.29, 0.717) is 12.5 Å². The minimum absolute atomic E-state index is 0.292. The molecule has 0 aromatic heterocycles. The monoisotopic (exact) mass is 350 g/mol. The number of nitrogens with one attached hydrogen (secondary N) is 1. The molecule has 136 valence electrons. The fourth-order valence-corrected chi connectivity index (χ4v) is 4.45. The first-order valence-electron chi connectivity index (χ1n) is 9.67. The molecule has 0 radical (unpaired) electrons. The molecule has 0 unspecified atom stereocenters. The fourth-order valence-electron chi connectivity index (χ4n) is 4.45. The van der Waals surface area contributed by atoms with Gasteiger partial charge < -0.3 is 15.3 Å². The first-order chi connectivity index (χ1) is 12.7. The topological polar surface area (TPSA) is 52.6 Å². The molecule has 4 heteroatoms. The molecule has 1 heterocycles. The summed E-state index contributed by atoms with van der Waals surface area (Å²) < 4.78 is 0. The molecule has 1 aliphatic carbocycles. The fraction of sp³-hybridized carbons (Fsp3) is 0.409. The van der Waals surface area contributed by atoms with Crippen molar-refractivity contribution in [2.24, 2.45) is 0 Å². The molecule has 2 aromatic rings. The number of aryl methyl sites for hydroxylation is 2. The summed E-state index contributed by atoms with van der Waals surface area (Å²) in [5.74, 6) is 0.292. The second kappa shape index (κ2) is 7.40. The number of hydrogen-bond donors (Lipinski definition) is 2. The van der Waals surface area contributed by atoms with Crippen LogP contribution in [0.15, 0.2) is 42.5 Å². The van der Waals surface area contributed by atoms with Gasteiger partial charge in [0.1, 0.15) is 0 Å². The number of nitrogens with zero attached hydrogens (tertiary/aromatic N) is 1. The SMILES string of the molecule is O=C(O)NC[C@@H]1CCCc2cc(N3CCCCc4ccccc43)ccc21. The first-order valence-corrected chi connectivity index (χ1v) is 9.67. The molecule has 1 aliphatic heterocycles. The summed E-state index contributed by atoms with van der Waals surface area (Å²) in [5.41, 5.74) is 6.74. The molecule has 4 nitrogen and oxygen atoms in total. The van der Waals surface area contributed by atoms with Crippen molar-refractivity contribution in [3.05, 3.63) is 59.2 Å². The van der Waals surface area contributed by atoms with Crippen molar-refractivity contribution in [3.8, 4) is 0 Å². The largest absolute Gasteiger partial charge is 0.465 e. The number of carbonyl (C=O) groups is 1. The summed E-state index contributed by atoms with van der Waals surface area (Å²) in [6.07, 6.45) is 5.93. The molecule has 4 rings (SSSR count). The van der Waals surface area contributed by atoms with Crippen LogP contribution in [0.3, 0.4) is 0 Å². The number of anilines is 2. The first kappa shape index (κ1) is 17.0. The molecule has 26 heavy (non-hydrogen) atoms. The summed E-state index contributed by atoms with van der Waals surface area (Å²) >= 11 is 0. The van der Waals surface area contributed by atoms with Crippen LogP contribution in [0.1, 0.15) is 48.3 Å². The lowest BCUT2D eigenvalue weighted by Gasteiger charge is -2.29. The van der Waals surface area contributed by atoms with Gasteiger partial charge in [0.15, 0.2) is 0 Å². The van der Waals surface area contributed by atoms with Crippen LogP contribution in [-0.4, -0.2) is 24.3 Å². The maximum absolute atomic E-state index is 10.8. The van der Waals surface area contributed by atoms with Crippen LogP contribution in [0.4, 0.5) is 16.2 Å². The number of carboxylic acid groups (broad SMARTS) is 1. The Morgan fingerprint density at radius 3 is 2.81 bits per heavy atom. The van der Waals surface area contributed by atoms with Gasteiger partial charge in [-0.25, -0.2) is 4.79 Å². The van der Waals surface area contributed by atoms with Crippen LogP contribution in [0.5, 0.6) is 0 Å². The third kappa shape index (κ3) is 3.41. The van der Waals surface area contributed by atoms with Crippen molar-refractivity contribution >= 4 is 17.5 Å². The van der Waals surface area contributed by atoms with Crippen molar-refractivity contribution in [1.82, 2.24) is 5.32 Å². The lowest BCUT2D eigenvalue weighted by molar-refractivity contribution is 0.193. The smallest absolute Gasteiger partial charge is 0.404 e. The van der Waals surface area contributed by atoms with Gasteiger partial charge >= 0.3 is 6.09 Å². The molecular formula is C22H26N2O2. The van der Waals surface area contributed by atoms with Gasteiger partial charge in [0.2, 0.25) is 0 Å². The standard InChI is InChI=1S/C22H26N2O2/c25-22(26)23-15-18-9-5-8-17-14-19(11-12-20(17)18)24-13-4-3-7-16-6-1-2-10-21(16)24/h1-2,6,10-12,14,18,23H,3-5,7-9,13,15H2,(H,25,26)/t18-/m0/s1. The average Bonchev–Trinajstić information content (AvgIpc) is 2.88. The molecule has 0 saturated heterocycles. The van der Waals surface area contributed by atoms with E-state index in [4.69, 9.17) is 5.11 Å². The molecule has 0 saturated carbocycles. The summed E-state index contributed by atoms with van der Waals surface area (Å²) in [4.78, 5) is 13.3. The van der Waals surface area contributed by atoms with Crippen molar-refractivity contribution in [2.75, 3.05) is 18.0 Å². The number of amides is 1. The van der Waals surface area contributed by atoms with E-state index in [1.807, 2.05) is 0 Å². The predicted molar refractivity (Wildman–Crippen MR) is 105 cm³/mol. The van der Waals surface area contributed by atoms with E-state index >= 15 is 0 Å². The minimum atomic E-state index is -0.935. The second-order valence-corrected chi connectivity index (χ2v) is 7.40. The molecule has 0 spiro atoms. The van der Waals surface area contributed by atoms with Gasteiger partial charge in [-0.3, -0.25) is 0 Å². The summed E-state index contributed by atoms with van der Waals surface area (Å²) in [6, 6.07) is 15.5. The summed E-state index contributed by atoms with van der Waals surface area (Å²) in [7, 11) is 0. The second-order valence-electron chi connectivity index (χ2n) is 7.40. The van der Waals surface area contributed by atoms with Crippen molar-refractivity contribution in [2.45, 2.75) is 44.4 Å². The Morgan fingerprint density at radius 2 is 1.92 bits per heavy atom. The molecule has 2 N–H and O–H groups in total. The van der Waals surface area contributed by atoms with Crippen LogP contribution in [0.2, 0.25) is 0 Å². The third-order valence-electron chi connectivity index (χ3n) is 5.74. The van der Waals surface area contributed by atoms with Gasteiger partial charge in [0.25, 0.3) is 0 Å². The Labute approximate surface area is 154 Å². The van der Waals surface area contributed by atoms with Crippen LogP contribution < -0.4 is 10.2 Å². The lowest BCUT2D eigenvalue weighted by atomic mass is 9.82. The molecular weight excluding hydrogens is 324 g/mol. The molecule has 0 bridgehead atoms. The third-order valence-corrected chi connectivity index (χ3v) is 5.74. The molecule has 1 atom stereocenters. The van der Waals surface area contributed by atoms with E-state index in [1.54, 1.807) is 0 Å². The Hall–Kier alpha value is -2.49. The highest BCUT2D eigenvalue weighted by Crippen LogP contribution is 2.37. The number of benzene rings is 2. The van der Waals surface area contributed by atoms with Gasteiger partial charge in [0.05, 0.1) is 0 Å². The van der Waals surface area contributed by atoms with Crippen molar-refractivity contribution in [1.29, 1.82) is 0 Å². The van der Waals surface area contributed by atoms with Crippen molar-refractivity contribution in [3.63, 3.8) is 0 Å². The van der Waals surface area contributed by atoms with Gasteiger partial charge in [-0.2, -0.15) is 0 Å². The molecule has 1 amide bonds. The van der Waals surface area contributed by atoms with E-state index in [0.717, 1.165) is 32.2 Å². The Bertz CT molecular complexity index is 802. The highest BCUT2D eigenvalue weighted by atomic mass is 16.4. The quantitative estimate of drug-likeness (QED) is 0.832. The van der Waals surface area contributed by atoms with E-state index in [1.165, 1.54) is 40.9 Å². The van der Waals surface area contributed by atoms with Crippen LogP contribution in [-0.2, 0) is 12.8 Å². The summed E-state index contributed by atoms with van der Waals surface area (Å²) in [5, 5.41) is 11.5. The van der Waals surface area contributed by atoms with E-state index in [9.17, 15) is 4.79 Å². The van der Waals surface area contributed by atoms with Crippen molar-refractivity contribution < 1.29 is 9.90 Å². The average molecular weight is 350 g/mol. The van der Waals surface area contributed by atoms with E-state index in [-0.39, 0.29) is 0 Å². The van der Waals surface area contributed by atoms with Crippen LogP contribution >= 0.6 is 0 Å². The highest BCUT2D eigenvalue weighted by Gasteiger charge is 2.23. The maximum Gasteiger partial charge on any atom is 0.404 e. The van der Waals surface area contributed by atoms with Crippen LogP contribution in [0.25, 0.3) is 0 Å². The van der Waals surface area contributed by atoms with Gasteiger partial charge in [0, 0.05) is 30.4 Å². The van der Waals surface area contributed by atoms with Gasteiger partial charge in [-0.15, -0.1) is 0 Å². The number of rotatable bonds is 3. The Balaban J connectivity index is 1.64. The zero-order valence-corrected chi connectivity index (χ0v) is 15.1. The minimum Gasteiger partial charge on any atom is -0.465 e. The van der Waals surface area contributed by atoms with E-state index < -0.39 is 6.09 Å². The maximum atomic E-state index is 10.8. The normalized spacial score (nSPS) is 19.2. The highest BCUT2D eigenvalue weighted by molar-refractivity contribution is 5.68. The molecule has 2 aliphatic rings. The number of para-hydroxylation sites is 1. The zero-order chi connectivity index (χ0) is 17.9. The molecule has 0 fully saturated rings. The van der Waals surface area contributed by atoms with Crippen LogP contribution in [0, 0.1) is 0 Å². The predicted octanol–water partition coefficient (Wildman–Crippen LogP) is 4.85. The van der Waals surface area contributed by atoms with Gasteiger partial charge in [-0.05, 0) is 73.4 Å². The number of hydrogen-bond acceptors (Lipinski definition) is 2. The molecule has 2 aromatic carbocycles.